The van der Waals surface area contributed by atoms with Gasteiger partial charge in [0.25, 0.3) is 0 Å². The van der Waals surface area contributed by atoms with Gasteiger partial charge in [-0.25, -0.2) is 17.5 Å². The van der Waals surface area contributed by atoms with E-state index in [0.717, 1.165) is 12.8 Å². The number of nitrogen functional groups attached to an aromatic ring is 1. The average Bonchev–Trinajstić information content (AvgIpc) is 2.45. The van der Waals surface area contributed by atoms with Crippen molar-refractivity contribution in [1.29, 1.82) is 0 Å². The maximum absolute atomic E-state index is 13.3. The summed E-state index contributed by atoms with van der Waals surface area (Å²) in [6, 6.07) is 3.64. The first-order chi connectivity index (χ1) is 9.91. The quantitative estimate of drug-likeness (QED) is 0.815. The van der Waals surface area contributed by atoms with Gasteiger partial charge in [-0.2, -0.15) is 0 Å². The molecule has 0 heterocycles. The van der Waals surface area contributed by atoms with Crippen LogP contribution in [0.3, 0.4) is 0 Å². The van der Waals surface area contributed by atoms with Gasteiger partial charge in [-0.1, -0.05) is 6.42 Å². The average molecular weight is 316 g/mol. The molecule has 1 aliphatic carbocycles. The molecule has 1 aliphatic rings. The van der Waals surface area contributed by atoms with Crippen LogP contribution in [-0.2, 0) is 10.0 Å². The fraction of sp³-hybridized carbons (Fsp3) is 0.571. The largest absolute Gasteiger partial charge is 0.486 e. The van der Waals surface area contributed by atoms with E-state index >= 15 is 0 Å². The van der Waals surface area contributed by atoms with Crippen LogP contribution in [0.1, 0.15) is 32.6 Å². The molecule has 0 bridgehead atoms. The van der Waals surface area contributed by atoms with Crippen molar-refractivity contribution in [3.8, 4) is 5.75 Å². The standard InChI is InChI=1S/C14H21FN2O3S/c1-2-21(18,19)17-12-5-3-4-6-13(12)20-14-9-10(15)7-8-11(14)16/h7-9,12-13,17H,2-6,16H2,1H3. The Morgan fingerprint density at radius 2 is 2.10 bits per heavy atom. The third kappa shape index (κ3) is 4.31. The number of nitrogens with two attached hydrogens (primary N) is 1. The lowest BCUT2D eigenvalue weighted by molar-refractivity contribution is 0.125. The second kappa shape index (κ2) is 6.62. The minimum Gasteiger partial charge on any atom is -0.486 e. The van der Waals surface area contributed by atoms with Gasteiger partial charge in [0.05, 0.1) is 17.5 Å². The Hall–Kier alpha value is -1.34. The lowest BCUT2D eigenvalue weighted by atomic mass is 9.93. The van der Waals surface area contributed by atoms with Crippen molar-refractivity contribution in [2.24, 2.45) is 0 Å². The minimum absolute atomic E-state index is 0.0261. The lowest BCUT2D eigenvalue weighted by Gasteiger charge is -2.32. The third-order valence-electron chi connectivity index (χ3n) is 3.67. The molecule has 1 aromatic rings. The summed E-state index contributed by atoms with van der Waals surface area (Å²) in [5.74, 6) is -0.138. The van der Waals surface area contributed by atoms with Gasteiger partial charge in [0.1, 0.15) is 17.7 Å². The Balaban J connectivity index is 2.13. The Morgan fingerprint density at radius 3 is 2.81 bits per heavy atom. The van der Waals surface area contributed by atoms with Crippen molar-refractivity contribution in [1.82, 2.24) is 4.72 Å². The molecule has 0 saturated heterocycles. The molecule has 0 aliphatic heterocycles. The van der Waals surface area contributed by atoms with Crippen LogP contribution in [0, 0.1) is 5.82 Å². The normalized spacial score (nSPS) is 23.0. The van der Waals surface area contributed by atoms with Crippen LogP contribution in [0.15, 0.2) is 18.2 Å². The summed E-state index contributed by atoms with van der Waals surface area (Å²) in [5, 5.41) is 0. The number of nitrogens with one attached hydrogen (secondary N) is 1. The van der Waals surface area contributed by atoms with Crippen LogP contribution >= 0.6 is 0 Å². The SMILES string of the molecule is CCS(=O)(=O)NC1CCCCC1Oc1cc(F)ccc1N. The monoisotopic (exact) mass is 316 g/mol. The van der Waals surface area contributed by atoms with Gasteiger partial charge in [0.2, 0.25) is 10.0 Å². The highest BCUT2D eigenvalue weighted by Gasteiger charge is 2.30. The summed E-state index contributed by atoms with van der Waals surface area (Å²) >= 11 is 0. The van der Waals surface area contributed by atoms with Gasteiger partial charge >= 0.3 is 0 Å². The summed E-state index contributed by atoms with van der Waals surface area (Å²) in [7, 11) is -3.30. The van der Waals surface area contributed by atoms with E-state index in [0.29, 0.717) is 18.5 Å². The zero-order chi connectivity index (χ0) is 15.5. The molecular weight excluding hydrogens is 295 g/mol. The molecule has 1 saturated carbocycles. The molecule has 2 unspecified atom stereocenters. The van der Waals surface area contributed by atoms with E-state index in [9.17, 15) is 12.8 Å². The molecule has 21 heavy (non-hydrogen) atoms. The van der Waals surface area contributed by atoms with Gasteiger partial charge in [-0.05, 0) is 38.3 Å². The third-order valence-corrected chi connectivity index (χ3v) is 5.09. The maximum atomic E-state index is 13.3. The van der Waals surface area contributed by atoms with Gasteiger partial charge in [0, 0.05) is 6.07 Å². The molecule has 0 radical (unpaired) electrons. The molecular formula is C14H21FN2O3S. The summed E-state index contributed by atoms with van der Waals surface area (Å²) in [4.78, 5) is 0. The number of hydrogen-bond acceptors (Lipinski definition) is 4. The number of sulfonamides is 1. The number of halogens is 1. The van der Waals surface area contributed by atoms with Crippen molar-refractivity contribution >= 4 is 15.7 Å². The molecule has 2 rings (SSSR count). The Bertz CT molecular complexity index is 592. The molecule has 1 fully saturated rings. The number of benzene rings is 1. The van der Waals surface area contributed by atoms with E-state index < -0.39 is 15.8 Å². The van der Waals surface area contributed by atoms with Crippen molar-refractivity contribution in [2.45, 2.75) is 44.8 Å². The highest BCUT2D eigenvalue weighted by molar-refractivity contribution is 7.89. The summed E-state index contributed by atoms with van der Waals surface area (Å²) in [6.45, 7) is 1.59. The Kier molecular flexibility index (Phi) is 5.05. The van der Waals surface area contributed by atoms with E-state index in [4.69, 9.17) is 10.5 Å². The van der Waals surface area contributed by atoms with Crippen molar-refractivity contribution in [3.63, 3.8) is 0 Å². The fourth-order valence-corrected chi connectivity index (χ4v) is 3.36. The maximum Gasteiger partial charge on any atom is 0.211 e. The number of rotatable bonds is 5. The molecule has 2 atom stereocenters. The van der Waals surface area contributed by atoms with Gasteiger partial charge in [-0.15, -0.1) is 0 Å². The van der Waals surface area contributed by atoms with Crippen molar-refractivity contribution in [2.75, 3.05) is 11.5 Å². The molecule has 118 valence electrons. The van der Waals surface area contributed by atoms with E-state index in [1.54, 1.807) is 6.92 Å². The van der Waals surface area contributed by atoms with Crippen molar-refractivity contribution in [3.05, 3.63) is 24.0 Å². The van der Waals surface area contributed by atoms with Crippen molar-refractivity contribution < 1.29 is 17.5 Å². The van der Waals surface area contributed by atoms with E-state index in [1.807, 2.05) is 0 Å². The summed E-state index contributed by atoms with van der Waals surface area (Å²) in [6.07, 6.45) is 2.98. The predicted octanol–water partition coefficient (Wildman–Crippen LogP) is 2.04. The first-order valence-corrected chi connectivity index (χ1v) is 8.78. The molecule has 0 aromatic heterocycles. The zero-order valence-electron chi connectivity index (χ0n) is 12.0. The van der Waals surface area contributed by atoms with Gasteiger partial charge < -0.3 is 10.5 Å². The fourth-order valence-electron chi connectivity index (χ4n) is 2.46. The van der Waals surface area contributed by atoms with Crippen LogP contribution in [-0.4, -0.2) is 26.3 Å². The molecule has 5 nitrogen and oxygen atoms in total. The first-order valence-electron chi connectivity index (χ1n) is 7.13. The zero-order valence-corrected chi connectivity index (χ0v) is 12.8. The lowest BCUT2D eigenvalue weighted by Crippen LogP contribution is -2.48. The second-order valence-corrected chi connectivity index (χ2v) is 7.29. The first kappa shape index (κ1) is 16.0. The second-order valence-electron chi connectivity index (χ2n) is 5.25. The molecule has 0 amide bonds. The molecule has 1 aromatic carbocycles. The molecule has 3 N–H and O–H groups in total. The van der Waals surface area contributed by atoms with Crippen LogP contribution in [0.5, 0.6) is 5.75 Å². The van der Waals surface area contributed by atoms with E-state index in [-0.39, 0.29) is 23.6 Å². The highest BCUT2D eigenvalue weighted by Crippen LogP contribution is 2.28. The minimum atomic E-state index is -3.30. The predicted molar refractivity (Wildman–Crippen MR) is 80.1 cm³/mol. The van der Waals surface area contributed by atoms with E-state index in [1.165, 1.54) is 18.2 Å². The van der Waals surface area contributed by atoms with Crippen LogP contribution in [0.25, 0.3) is 0 Å². The molecule has 0 spiro atoms. The van der Waals surface area contributed by atoms with Gasteiger partial charge in [-0.3, -0.25) is 0 Å². The number of ether oxygens (including phenoxy) is 1. The van der Waals surface area contributed by atoms with Crippen LogP contribution in [0.4, 0.5) is 10.1 Å². The van der Waals surface area contributed by atoms with Crippen LogP contribution < -0.4 is 15.2 Å². The highest BCUT2D eigenvalue weighted by atomic mass is 32.2. The number of anilines is 1. The van der Waals surface area contributed by atoms with Crippen LogP contribution in [0.2, 0.25) is 0 Å². The number of hydrogen-bond donors (Lipinski definition) is 2. The van der Waals surface area contributed by atoms with Gasteiger partial charge in [0.15, 0.2) is 0 Å². The Labute approximate surface area is 124 Å². The summed E-state index contributed by atoms with van der Waals surface area (Å²) in [5.41, 5.74) is 6.12. The Morgan fingerprint density at radius 1 is 1.38 bits per heavy atom. The smallest absolute Gasteiger partial charge is 0.211 e. The summed E-state index contributed by atoms with van der Waals surface area (Å²) < 4.78 is 45.2. The van der Waals surface area contributed by atoms with E-state index in [2.05, 4.69) is 4.72 Å². The topological polar surface area (TPSA) is 81.4 Å². The molecule has 7 heteroatoms.